The van der Waals surface area contributed by atoms with Crippen molar-refractivity contribution in [1.29, 1.82) is 0 Å². The van der Waals surface area contributed by atoms with Gasteiger partial charge in [0.25, 0.3) is 0 Å². The smallest absolute Gasteiger partial charge is 0.239 e. The number of amidine groups is 1. The van der Waals surface area contributed by atoms with Crippen LogP contribution in [-0.2, 0) is 4.79 Å². The summed E-state index contributed by atoms with van der Waals surface area (Å²) in [7, 11) is 0. The van der Waals surface area contributed by atoms with Gasteiger partial charge in [-0.25, -0.2) is 0 Å². The number of piperidine rings is 1. The minimum atomic E-state index is 0.0188. The summed E-state index contributed by atoms with van der Waals surface area (Å²) in [5.74, 6) is 1.48. The molecule has 0 unspecified atom stereocenters. The normalized spacial score (nSPS) is 21.7. The molecule has 9 heteroatoms. The van der Waals surface area contributed by atoms with E-state index in [2.05, 4.69) is 25.5 Å². The van der Waals surface area contributed by atoms with Crippen LogP contribution in [0.1, 0.15) is 19.3 Å². The van der Waals surface area contributed by atoms with E-state index < -0.39 is 0 Å². The lowest BCUT2D eigenvalue weighted by Gasteiger charge is -2.36. The third-order valence-electron chi connectivity index (χ3n) is 6.09. The number of carbonyl (C=O) groups excluding carboxylic acids is 1. The van der Waals surface area contributed by atoms with Gasteiger partial charge in [0.2, 0.25) is 5.91 Å². The second-order valence-electron chi connectivity index (χ2n) is 8.34. The molecule has 4 rings (SSSR count). The lowest BCUT2D eigenvalue weighted by Crippen LogP contribution is -2.48. The molecule has 164 valence electrons. The minimum Gasteiger partial charge on any atom is -0.314 e. The zero-order valence-corrected chi connectivity index (χ0v) is 18.8. The van der Waals surface area contributed by atoms with Crippen molar-refractivity contribution in [2.24, 2.45) is 11.0 Å². The van der Waals surface area contributed by atoms with Gasteiger partial charge in [-0.15, -0.1) is 0 Å². The molecule has 1 aromatic rings. The van der Waals surface area contributed by atoms with Gasteiger partial charge in [-0.1, -0.05) is 23.2 Å². The van der Waals surface area contributed by atoms with Crippen molar-refractivity contribution in [3.8, 4) is 0 Å². The van der Waals surface area contributed by atoms with Crippen LogP contribution in [0.5, 0.6) is 0 Å². The van der Waals surface area contributed by atoms with Crippen LogP contribution in [0, 0.1) is 5.92 Å². The number of likely N-dealkylation sites (tertiary alicyclic amines) is 1. The quantitative estimate of drug-likeness (QED) is 0.716. The number of benzene rings is 1. The summed E-state index contributed by atoms with van der Waals surface area (Å²) < 4.78 is 0. The van der Waals surface area contributed by atoms with E-state index in [-0.39, 0.29) is 5.91 Å². The number of amides is 1. The van der Waals surface area contributed by atoms with Crippen molar-refractivity contribution in [2.75, 3.05) is 63.9 Å². The zero-order chi connectivity index (χ0) is 20.9. The van der Waals surface area contributed by atoms with Gasteiger partial charge < -0.3 is 15.5 Å². The van der Waals surface area contributed by atoms with E-state index in [9.17, 15) is 4.79 Å². The maximum Gasteiger partial charge on any atom is 0.239 e. The first-order valence-corrected chi connectivity index (χ1v) is 11.6. The number of halogens is 2. The first kappa shape index (κ1) is 21.8. The molecule has 3 heterocycles. The topological polar surface area (TPSA) is 63.2 Å². The van der Waals surface area contributed by atoms with Crippen LogP contribution >= 0.6 is 23.2 Å². The number of hydrazone groups is 1. The van der Waals surface area contributed by atoms with Gasteiger partial charge >= 0.3 is 0 Å². The standard InChI is InChI=1S/C21H30Cl2N6O/c22-18-2-1-17(13-19(18)23)29-10-5-20(26-29)25-21(30)15-27-8-3-16(4-9-27)14-28-11-6-24-7-12-28/h1-2,13,16,24H,3-12,14-15H2,(H,25,26,30). The van der Waals surface area contributed by atoms with Gasteiger partial charge in [0.1, 0.15) is 5.84 Å². The summed E-state index contributed by atoms with van der Waals surface area (Å²) in [5, 5.41) is 13.8. The van der Waals surface area contributed by atoms with E-state index in [1.54, 1.807) is 12.1 Å². The van der Waals surface area contributed by atoms with Crippen molar-refractivity contribution >= 4 is 40.6 Å². The molecule has 2 fully saturated rings. The maximum absolute atomic E-state index is 12.5. The molecule has 0 spiro atoms. The molecular weight excluding hydrogens is 423 g/mol. The highest BCUT2D eigenvalue weighted by Gasteiger charge is 2.24. The molecule has 0 atom stereocenters. The van der Waals surface area contributed by atoms with Gasteiger partial charge in [-0.2, -0.15) is 5.10 Å². The Labute approximate surface area is 188 Å². The predicted molar refractivity (Wildman–Crippen MR) is 122 cm³/mol. The fourth-order valence-electron chi connectivity index (χ4n) is 4.37. The molecule has 1 aromatic carbocycles. The molecular formula is C21H30Cl2N6O. The Balaban J connectivity index is 1.20. The van der Waals surface area contributed by atoms with Crippen LogP contribution in [0.2, 0.25) is 10.0 Å². The van der Waals surface area contributed by atoms with Crippen molar-refractivity contribution < 1.29 is 4.79 Å². The molecule has 1 amide bonds. The molecule has 0 aliphatic carbocycles. The summed E-state index contributed by atoms with van der Waals surface area (Å²) >= 11 is 12.1. The fourth-order valence-corrected chi connectivity index (χ4v) is 4.66. The van der Waals surface area contributed by atoms with E-state index in [1.807, 2.05) is 11.1 Å². The van der Waals surface area contributed by atoms with E-state index >= 15 is 0 Å². The summed E-state index contributed by atoms with van der Waals surface area (Å²) in [6.45, 7) is 8.85. The molecule has 7 nitrogen and oxygen atoms in total. The van der Waals surface area contributed by atoms with Gasteiger partial charge in [0.05, 0.1) is 22.3 Å². The molecule has 0 aromatic heterocycles. The van der Waals surface area contributed by atoms with E-state index in [0.717, 1.165) is 50.9 Å². The van der Waals surface area contributed by atoms with E-state index in [4.69, 9.17) is 23.2 Å². The number of rotatable bonds is 5. The lowest BCUT2D eigenvalue weighted by atomic mass is 9.96. The summed E-state index contributed by atoms with van der Waals surface area (Å²) in [6, 6.07) is 5.44. The molecule has 30 heavy (non-hydrogen) atoms. The number of anilines is 1. The van der Waals surface area contributed by atoms with Gasteiger partial charge in [-0.05, 0) is 50.0 Å². The van der Waals surface area contributed by atoms with Crippen LogP contribution < -0.4 is 15.6 Å². The fraction of sp³-hybridized carbons (Fsp3) is 0.619. The second-order valence-corrected chi connectivity index (χ2v) is 9.15. The van der Waals surface area contributed by atoms with Crippen molar-refractivity contribution in [3.63, 3.8) is 0 Å². The van der Waals surface area contributed by atoms with Crippen molar-refractivity contribution in [2.45, 2.75) is 19.3 Å². The highest BCUT2D eigenvalue weighted by atomic mass is 35.5. The Morgan fingerprint density at radius 2 is 1.83 bits per heavy atom. The van der Waals surface area contributed by atoms with Crippen molar-refractivity contribution in [3.05, 3.63) is 28.2 Å². The zero-order valence-electron chi connectivity index (χ0n) is 17.2. The van der Waals surface area contributed by atoms with Crippen LogP contribution in [0.15, 0.2) is 23.3 Å². The van der Waals surface area contributed by atoms with Crippen LogP contribution in [0.4, 0.5) is 5.69 Å². The third kappa shape index (κ3) is 5.86. The highest BCUT2D eigenvalue weighted by molar-refractivity contribution is 6.42. The first-order chi connectivity index (χ1) is 14.6. The average Bonchev–Trinajstić information content (AvgIpc) is 3.20. The van der Waals surface area contributed by atoms with E-state index in [1.165, 1.54) is 19.4 Å². The number of hydrogen-bond donors (Lipinski definition) is 2. The Kier molecular flexibility index (Phi) is 7.49. The van der Waals surface area contributed by atoms with Crippen LogP contribution in [-0.4, -0.2) is 80.4 Å². The van der Waals surface area contributed by atoms with Crippen LogP contribution in [0.25, 0.3) is 0 Å². The van der Waals surface area contributed by atoms with Gasteiger partial charge in [0, 0.05) is 45.7 Å². The molecule has 3 aliphatic rings. The third-order valence-corrected chi connectivity index (χ3v) is 6.83. The number of piperazine rings is 1. The number of carbonyl (C=O) groups is 1. The molecule has 2 saturated heterocycles. The average molecular weight is 453 g/mol. The Morgan fingerprint density at radius 1 is 1.07 bits per heavy atom. The first-order valence-electron chi connectivity index (χ1n) is 10.8. The Bertz CT molecular complexity index is 775. The minimum absolute atomic E-state index is 0.0188. The van der Waals surface area contributed by atoms with E-state index in [0.29, 0.717) is 35.4 Å². The summed E-state index contributed by atoms with van der Waals surface area (Å²) in [6.07, 6.45) is 3.05. The highest BCUT2D eigenvalue weighted by Crippen LogP contribution is 2.28. The predicted octanol–water partition coefficient (Wildman–Crippen LogP) is 2.25. The van der Waals surface area contributed by atoms with Gasteiger partial charge in [0.15, 0.2) is 0 Å². The molecule has 3 aliphatic heterocycles. The number of nitrogens with one attached hydrogen (secondary N) is 2. The number of nitrogens with zero attached hydrogens (tertiary/aromatic N) is 4. The largest absolute Gasteiger partial charge is 0.314 e. The Morgan fingerprint density at radius 3 is 2.57 bits per heavy atom. The maximum atomic E-state index is 12.5. The van der Waals surface area contributed by atoms with Gasteiger partial charge in [-0.3, -0.25) is 14.7 Å². The summed E-state index contributed by atoms with van der Waals surface area (Å²) in [4.78, 5) is 17.3. The molecule has 0 radical (unpaired) electrons. The Hall–Kier alpha value is -1.38. The monoisotopic (exact) mass is 452 g/mol. The molecule has 0 bridgehead atoms. The summed E-state index contributed by atoms with van der Waals surface area (Å²) in [5.41, 5.74) is 0.875. The number of hydrogen-bond acceptors (Lipinski definition) is 6. The molecule has 0 saturated carbocycles. The van der Waals surface area contributed by atoms with Crippen LogP contribution in [0.3, 0.4) is 0 Å². The molecule has 2 N–H and O–H groups in total. The van der Waals surface area contributed by atoms with Crippen molar-refractivity contribution in [1.82, 2.24) is 20.4 Å². The SMILES string of the molecule is O=C(CN1CCC(CN2CCNCC2)CC1)NC1=NN(c2ccc(Cl)c(Cl)c2)CC1. The lowest BCUT2D eigenvalue weighted by molar-refractivity contribution is -0.121. The second kappa shape index (κ2) is 10.3.